The van der Waals surface area contributed by atoms with E-state index in [1.54, 1.807) is 42.5 Å². The van der Waals surface area contributed by atoms with Crippen LogP contribution < -0.4 is 20.8 Å². The molecular weight excluding hydrogens is 859 g/mol. The van der Waals surface area contributed by atoms with Gasteiger partial charge in [0.25, 0.3) is 0 Å². The van der Waals surface area contributed by atoms with Crippen LogP contribution in [0.5, 0.6) is 0 Å². The lowest BCUT2D eigenvalue weighted by Gasteiger charge is -2.27. The number of anilines is 3. The Labute approximate surface area is 371 Å². The van der Waals surface area contributed by atoms with Crippen LogP contribution in [0.4, 0.5) is 34.9 Å². The first kappa shape index (κ1) is 40.8. The van der Waals surface area contributed by atoms with Gasteiger partial charge in [0.1, 0.15) is 11.6 Å². The van der Waals surface area contributed by atoms with Gasteiger partial charge < -0.3 is 34.6 Å². The van der Waals surface area contributed by atoms with Crippen LogP contribution in [0.2, 0.25) is 0 Å². The molecule has 0 radical (unpaired) electrons. The monoisotopic (exact) mass is 895 g/mol. The van der Waals surface area contributed by atoms with Crippen molar-refractivity contribution in [3.05, 3.63) is 137 Å². The van der Waals surface area contributed by atoms with Crippen molar-refractivity contribution in [3.8, 4) is 45.0 Å². The molecule has 332 valence electrons. The fraction of sp³-hybridized carbons (Fsp3) is 0.191. The Morgan fingerprint density at radius 3 is 1.55 bits per heavy atom. The van der Waals surface area contributed by atoms with E-state index in [0.717, 1.165) is 11.3 Å². The molecule has 15 nitrogen and oxygen atoms in total. The second kappa shape index (κ2) is 16.6. The van der Waals surface area contributed by atoms with Gasteiger partial charge in [0.15, 0.2) is 22.9 Å². The maximum absolute atomic E-state index is 15.3. The van der Waals surface area contributed by atoms with Crippen LogP contribution in [0.1, 0.15) is 5.56 Å². The number of nitrogens with zero attached hydrogens (tertiary/aromatic N) is 8. The first-order chi connectivity index (χ1) is 32.2. The Kier molecular flexibility index (Phi) is 10.3. The molecule has 3 aliphatic heterocycles. The summed E-state index contributed by atoms with van der Waals surface area (Å²) in [4.78, 5) is 51.4. The Morgan fingerprint density at radius 1 is 0.545 bits per heavy atom. The van der Waals surface area contributed by atoms with Crippen molar-refractivity contribution in [1.82, 2.24) is 38.7 Å². The fourth-order valence-electron chi connectivity index (χ4n) is 8.72. The molecule has 0 bridgehead atoms. The SMILES string of the molecule is O=C1Cc2cc(-c3c(-c4ccc(F)cc4)nc4c(N5CCOCC5)ncc(F)n34)ccc2N1.O=c1[nH]c2ccc(-c3c(-c4ccc(F)cc4)nc4c(N5CCOCC5)ncc(F)n34)cc2[nH]1. The maximum Gasteiger partial charge on any atom is 0.323 e. The van der Waals surface area contributed by atoms with Gasteiger partial charge in [-0.3, -0.25) is 13.6 Å². The zero-order chi connectivity index (χ0) is 45.1. The second-order valence-corrected chi connectivity index (χ2v) is 15.9. The summed E-state index contributed by atoms with van der Waals surface area (Å²) in [6.07, 6.45) is 2.62. The van der Waals surface area contributed by atoms with Gasteiger partial charge in [-0.2, -0.15) is 8.78 Å². The normalized spacial score (nSPS) is 15.1. The fourth-order valence-corrected chi connectivity index (χ4v) is 8.72. The van der Waals surface area contributed by atoms with E-state index >= 15 is 8.78 Å². The number of nitrogens with one attached hydrogen (secondary N) is 3. The van der Waals surface area contributed by atoms with Gasteiger partial charge in [0, 0.05) is 54.1 Å². The molecule has 4 aromatic carbocycles. The molecule has 0 unspecified atom stereocenters. The third kappa shape index (κ3) is 7.36. The highest BCUT2D eigenvalue weighted by atomic mass is 19.1. The zero-order valence-corrected chi connectivity index (χ0v) is 34.8. The lowest BCUT2D eigenvalue weighted by molar-refractivity contribution is -0.115. The Balaban J connectivity index is 0.000000146. The molecule has 0 atom stereocenters. The van der Waals surface area contributed by atoms with E-state index in [1.807, 2.05) is 28.0 Å². The molecule has 12 rings (SSSR count). The molecular formula is C47H37F4N11O4. The molecule has 1 amide bonds. The third-order valence-corrected chi connectivity index (χ3v) is 11.8. The largest absolute Gasteiger partial charge is 0.378 e. The highest BCUT2D eigenvalue weighted by molar-refractivity contribution is 6.00. The lowest BCUT2D eigenvalue weighted by atomic mass is 10.0. The van der Waals surface area contributed by atoms with Crippen LogP contribution in [0.3, 0.4) is 0 Å². The molecule has 8 heterocycles. The first-order valence-corrected chi connectivity index (χ1v) is 21.1. The summed E-state index contributed by atoms with van der Waals surface area (Å²) in [5.74, 6) is -0.861. The van der Waals surface area contributed by atoms with Crippen LogP contribution in [-0.2, 0) is 20.7 Å². The van der Waals surface area contributed by atoms with Crippen LogP contribution in [0.25, 0.3) is 67.4 Å². The van der Waals surface area contributed by atoms with Crippen molar-refractivity contribution >= 4 is 45.6 Å². The van der Waals surface area contributed by atoms with Crippen molar-refractivity contribution in [3.63, 3.8) is 0 Å². The number of carbonyl (C=O) groups excluding carboxylic acids is 1. The summed E-state index contributed by atoms with van der Waals surface area (Å²) < 4.78 is 71.6. The minimum atomic E-state index is -0.583. The number of ether oxygens (including phenoxy) is 2. The summed E-state index contributed by atoms with van der Waals surface area (Å²) in [5.41, 5.74) is 7.82. The van der Waals surface area contributed by atoms with Crippen LogP contribution >= 0.6 is 0 Å². The van der Waals surface area contributed by atoms with Gasteiger partial charge in [0.05, 0.1) is 79.1 Å². The van der Waals surface area contributed by atoms with Gasteiger partial charge in [-0.25, -0.2) is 33.5 Å². The Bertz CT molecular complexity index is 3390. The standard InChI is InChI=1S/C24H19F2N5O2.C23H18F2N6O2/c25-17-4-1-14(2-5-17)21-22(15-3-6-18-16(11-15)12-20(32)28-18)31-19(26)13-27-23(24(31)29-21)30-7-9-33-10-8-30;24-15-4-1-13(2-5-15)19-20(14-3-6-16-17(11-14)28-23(32)27-16)31-18(25)12-26-21(22(31)29-19)30-7-9-33-10-8-30/h1-6,11,13H,7-10,12H2,(H,28,32);1-6,11-12H,7-10H2,(H2,27,28,32). The van der Waals surface area contributed by atoms with E-state index in [9.17, 15) is 18.4 Å². The number of halogens is 4. The molecule has 9 aromatic rings. The average molecular weight is 896 g/mol. The summed E-state index contributed by atoms with van der Waals surface area (Å²) in [6, 6.07) is 22.7. The summed E-state index contributed by atoms with van der Waals surface area (Å²) in [7, 11) is 0. The predicted octanol–water partition coefficient (Wildman–Crippen LogP) is 7.02. The number of rotatable bonds is 6. The van der Waals surface area contributed by atoms with Crippen molar-refractivity contribution < 1.29 is 31.8 Å². The molecule has 0 aliphatic carbocycles. The van der Waals surface area contributed by atoms with E-state index in [1.165, 1.54) is 45.5 Å². The van der Waals surface area contributed by atoms with E-state index < -0.39 is 11.9 Å². The number of aromatic amines is 2. The van der Waals surface area contributed by atoms with E-state index in [4.69, 9.17) is 19.4 Å². The number of H-pyrrole nitrogens is 2. The minimum Gasteiger partial charge on any atom is -0.378 e. The minimum absolute atomic E-state index is 0.0796. The smallest absolute Gasteiger partial charge is 0.323 e. The lowest BCUT2D eigenvalue weighted by Crippen LogP contribution is -2.37. The molecule has 5 aromatic heterocycles. The number of amides is 1. The van der Waals surface area contributed by atoms with Gasteiger partial charge in [-0.05, 0) is 78.4 Å². The summed E-state index contributed by atoms with van der Waals surface area (Å²) in [6.45, 7) is 4.65. The maximum atomic E-state index is 15.3. The number of aromatic nitrogens is 8. The van der Waals surface area contributed by atoms with E-state index in [0.29, 0.717) is 132 Å². The van der Waals surface area contributed by atoms with Crippen LogP contribution in [-0.4, -0.2) is 97.2 Å². The molecule has 0 spiro atoms. The molecule has 3 aliphatic rings. The number of carbonyl (C=O) groups is 1. The van der Waals surface area contributed by atoms with Crippen molar-refractivity contribution in [2.24, 2.45) is 0 Å². The molecule has 2 saturated heterocycles. The molecule has 66 heavy (non-hydrogen) atoms. The van der Waals surface area contributed by atoms with Gasteiger partial charge in [-0.15, -0.1) is 0 Å². The van der Waals surface area contributed by atoms with Gasteiger partial charge in [-0.1, -0.05) is 12.1 Å². The number of fused-ring (bicyclic) bond motifs is 4. The summed E-state index contributed by atoms with van der Waals surface area (Å²) >= 11 is 0. The van der Waals surface area contributed by atoms with E-state index in [-0.39, 0.29) is 29.7 Å². The van der Waals surface area contributed by atoms with Gasteiger partial charge in [0.2, 0.25) is 17.8 Å². The number of morpholine rings is 2. The number of hydrogen-bond acceptors (Lipinski definition) is 10. The quantitative estimate of drug-likeness (QED) is 0.148. The highest BCUT2D eigenvalue weighted by Gasteiger charge is 2.28. The average Bonchev–Trinajstić information content (AvgIpc) is 4.12. The molecule has 19 heteroatoms. The van der Waals surface area contributed by atoms with Crippen molar-refractivity contribution in [1.29, 1.82) is 0 Å². The topological polar surface area (TPSA) is 163 Å². The summed E-state index contributed by atoms with van der Waals surface area (Å²) in [5, 5.41) is 2.82. The highest BCUT2D eigenvalue weighted by Crippen LogP contribution is 2.39. The predicted molar refractivity (Wildman–Crippen MR) is 238 cm³/mol. The zero-order valence-electron chi connectivity index (χ0n) is 34.8. The first-order valence-electron chi connectivity index (χ1n) is 21.1. The molecule has 0 saturated carbocycles. The van der Waals surface area contributed by atoms with E-state index in [2.05, 4.69) is 25.3 Å². The third-order valence-electron chi connectivity index (χ3n) is 11.8. The Morgan fingerprint density at radius 2 is 1.02 bits per heavy atom. The molecule has 3 N–H and O–H groups in total. The van der Waals surface area contributed by atoms with Gasteiger partial charge >= 0.3 is 5.69 Å². The second-order valence-electron chi connectivity index (χ2n) is 15.9. The molecule has 2 fully saturated rings. The Hall–Kier alpha value is -7.90. The van der Waals surface area contributed by atoms with Crippen LogP contribution in [0.15, 0.2) is 102 Å². The van der Waals surface area contributed by atoms with Crippen molar-refractivity contribution in [2.75, 3.05) is 67.7 Å². The number of hydrogen-bond donors (Lipinski definition) is 3. The van der Waals surface area contributed by atoms with Crippen LogP contribution in [0, 0.1) is 23.5 Å². The van der Waals surface area contributed by atoms with Crippen molar-refractivity contribution in [2.45, 2.75) is 6.42 Å². The number of benzene rings is 4. The number of imidazole rings is 3.